The Labute approximate surface area is 147 Å². The molecule has 0 spiro atoms. The fourth-order valence-electron chi connectivity index (χ4n) is 2.86. The molecule has 2 N–H and O–H groups in total. The summed E-state index contributed by atoms with van der Waals surface area (Å²) in [5, 5.41) is 18.3. The number of nitrogens with one attached hydrogen (secondary N) is 1. The lowest BCUT2D eigenvalue weighted by atomic mass is 9.97. The monoisotopic (exact) mass is 354 g/mol. The molecule has 0 aliphatic carbocycles. The van der Waals surface area contributed by atoms with Gasteiger partial charge in [0, 0.05) is 22.5 Å². The van der Waals surface area contributed by atoms with Crippen molar-refractivity contribution in [1.29, 1.82) is 5.26 Å². The van der Waals surface area contributed by atoms with Crippen molar-refractivity contribution >= 4 is 34.5 Å². The zero-order valence-corrected chi connectivity index (χ0v) is 13.9. The first-order valence-corrected chi connectivity index (χ1v) is 7.71. The lowest BCUT2D eigenvalue weighted by molar-refractivity contribution is 0.0692. The molecule has 3 rings (SSSR count). The topological polar surface area (TPSA) is 76.9 Å². The Balaban J connectivity index is 2.39. The number of benzene rings is 2. The van der Waals surface area contributed by atoms with Crippen molar-refractivity contribution < 1.29 is 14.3 Å². The summed E-state index contributed by atoms with van der Waals surface area (Å²) in [6, 6.07) is 10.1. The number of rotatable bonds is 3. The molecule has 1 aromatic heterocycles. The standard InChI is InChI=1S/C19H12ClFN2O2/c1-10-7-11(3-2-6-22)9-12(8-10)15-16-14(23-18(15)19(24)25)5-4-13(20)17(16)21/h2-5,7-9,23H,1H3,(H,24,25)/b3-2+. The number of carbonyl (C=O) groups is 1. The summed E-state index contributed by atoms with van der Waals surface area (Å²) in [6.45, 7) is 1.84. The van der Waals surface area contributed by atoms with E-state index in [2.05, 4.69) is 4.98 Å². The van der Waals surface area contributed by atoms with Crippen molar-refractivity contribution in [2.24, 2.45) is 0 Å². The maximum absolute atomic E-state index is 14.6. The van der Waals surface area contributed by atoms with Gasteiger partial charge in [-0.15, -0.1) is 0 Å². The Kier molecular flexibility index (Phi) is 4.30. The highest BCUT2D eigenvalue weighted by molar-refractivity contribution is 6.31. The van der Waals surface area contributed by atoms with Gasteiger partial charge >= 0.3 is 5.97 Å². The Hall–Kier alpha value is -3.10. The molecule has 0 radical (unpaired) electrons. The number of aryl methyl sites for hydroxylation is 1. The molecule has 2 aromatic carbocycles. The third kappa shape index (κ3) is 3.00. The number of allylic oxidation sites excluding steroid dienone is 1. The molecule has 0 aliphatic heterocycles. The Morgan fingerprint density at radius 2 is 2.12 bits per heavy atom. The van der Waals surface area contributed by atoms with Crippen molar-refractivity contribution in [2.75, 3.05) is 0 Å². The van der Waals surface area contributed by atoms with Crippen LogP contribution in [0.15, 0.2) is 36.4 Å². The van der Waals surface area contributed by atoms with Crippen LogP contribution in [0.4, 0.5) is 4.39 Å². The minimum Gasteiger partial charge on any atom is -0.477 e. The van der Waals surface area contributed by atoms with E-state index in [1.54, 1.807) is 24.3 Å². The van der Waals surface area contributed by atoms with E-state index in [0.717, 1.165) is 5.56 Å². The van der Waals surface area contributed by atoms with Gasteiger partial charge in [0.15, 0.2) is 5.82 Å². The van der Waals surface area contributed by atoms with Crippen molar-refractivity contribution in [2.45, 2.75) is 6.92 Å². The fraction of sp³-hybridized carbons (Fsp3) is 0.0526. The van der Waals surface area contributed by atoms with Crippen LogP contribution in [0.3, 0.4) is 0 Å². The molecule has 0 amide bonds. The molecular weight excluding hydrogens is 343 g/mol. The van der Waals surface area contributed by atoms with Crippen LogP contribution in [-0.2, 0) is 0 Å². The van der Waals surface area contributed by atoms with Crippen molar-refractivity contribution in [3.05, 3.63) is 64.1 Å². The van der Waals surface area contributed by atoms with Gasteiger partial charge in [-0.05, 0) is 47.9 Å². The second-order valence-corrected chi connectivity index (χ2v) is 5.97. The third-order valence-corrected chi connectivity index (χ3v) is 4.10. The smallest absolute Gasteiger partial charge is 0.352 e. The summed E-state index contributed by atoms with van der Waals surface area (Å²) >= 11 is 5.88. The summed E-state index contributed by atoms with van der Waals surface area (Å²) < 4.78 is 14.6. The van der Waals surface area contributed by atoms with Gasteiger partial charge in [0.1, 0.15) is 5.69 Å². The molecule has 0 aliphatic rings. The van der Waals surface area contributed by atoms with E-state index in [4.69, 9.17) is 16.9 Å². The summed E-state index contributed by atoms with van der Waals surface area (Å²) in [5.74, 6) is -1.87. The lowest BCUT2D eigenvalue weighted by Gasteiger charge is -2.07. The number of halogens is 2. The van der Waals surface area contributed by atoms with Crippen molar-refractivity contribution in [1.82, 2.24) is 4.98 Å². The SMILES string of the molecule is Cc1cc(/C=C/C#N)cc(-c2c(C(=O)O)[nH]c3ccc(Cl)c(F)c23)c1. The van der Waals surface area contributed by atoms with Crippen LogP contribution < -0.4 is 0 Å². The number of carboxylic acid groups (broad SMARTS) is 1. The van der Waals surface area contributed by atoms with E-state index in [-0.39, 0.29) is 21.7 Å². The number of hydrogen-bond acceptors (Lipinski definition) is 2. The second kappa shape index (κ2) is 6.42. The summed E-state index contributed by atoms with van der Waals surface area (Å²) in [7, 11) is 0. The van der Waals surface area contributed by atoms with Crippen LogP contribution in [0, 0.1) is 24.1 Å². The van der Waals surface area contributed by atoms with Gasteiger partial charge in [-0.3, -0.25) is 0 Å². The fourth-order valence-corrected chi connectivity index (χ4v) is 3.01. The van der Waals surface area contributed by atoms with E-state index in [1.807, 2.05) is 19.1 Å². The molecule has 25 heavy (non-hydrogen) atoms. The molecule has 0 saturated heterocycles. The molecule has 0 unspecified atom stereocenters. The first kappa shape index (κ1) is 16.7. The highest BCUT2D eigenvalue weighted by Crippen LogP contribution is 2.37. The normalized spacial score (nSPS) is 11.1. The Bertz CT molecular complexity index is 1080. The molecule has 4 nitrogen and oxygen atoms in total. The van der Waals surface area contributed by atoms with Crippen LogP contribution in [0.2, 0.25) is 5.02 Å². The first-order chi connectivity index (χ1) is 11.9. The van der Waals surface area contributed by atoms with Gasteiger partial charge in [0.05, 0.1) is 11.1 Å². The summed E-state index contributed by atoms with van der Waals surface area (Å²) in [5.41, 5.74) is 2.56. The molecule has 0 saturated carbocycles. The number of carboxylic acids is 1. The number of nitriles is 1. The number of aromatic nitrogens is 1. The lowest BCUT2D eigenvalue weighted by Crippen LogP contribution is -1.99. The van der Waals surface area contributed by atoms with Crippen molar-refractivity contribution in [3.8, 4) is 17.2 Å². The number of hydrogen-bond donors (Lipinski definition) is 2. The zero-order valence-electron chi connectivity index (χ0n) is 13.1. The first-order valence-electron chi connectivity index (χ1n) is 7.33. The minimum absolute atomic E-state index is 0.0815. The molecule has 0 atom stereocenters. The van der Waals surface area contributed by atoms with Crippen LogP contribution in [0.1, 0.15) is 21.6 Å². The average Bonchev–Trinajstić information content (AvgIpc) is 2.96. The maximum Gasteiger partial charge on any atom is 0.352 e. The van der Waals surface area contributed by atoms with Gasteiger partial charge in [-0.2, -0.15) is 5.26 Å². The van der Waals surface area contributed by atoms with Crippen LogP contribution in [0.5, 0.6) is 0 Å². The molecule has 124 valence electrons. The zero-order chi connectivity index (χ0) is 18.1. The Morgan fingerprint density at radius 1 is 1.36 bits per heavy atom. The van der Waals surface area contributed by atoms with E-state index in [1.165, 1.54) is 12.1 Å². The van der Waals surface area contributed by atoms with Gasteiger partial charge in [0.25, 0.3) is 0 Å². The van der Waals surface area contributed by atoms with Gasteiger partial charge < -0.3 is 10.1 Å². The molecule has 6 heteroatoms. The molecule has 3 aromatic rings. The van der Waals surface area contributed by atoms with Gasteiger partial charge in [0.2, 0.25) is 0 Å². The van der Waals surface area contributed by atoms with Crippen LogP contribution in [-0.4, -0.2) is 16.1 Å². The highest BCUT2D eigenvalue weighted by Gasteiger charge is 2.22. The number of H-pyrrole nitrogens is 1. The maximum atomic E-state index is 14.6. The number of aromatic carboxylic acids is 1. The average molecular weight is 355 g/mol. The van der Waals surface area contributed by atoms with Crippen molar-refractivity contribution in [3.63, 3.8) is 0 Å². The van der Waals surface area contributed by atoms with Crippen LogP contribution in [0.25, 0.3) is 28.1 Å². The van der Waals surface area contributed by atoms with E-state index in [9.17, 15) is 14.3 Å². The quantitative estimate of drug-likeness (QED) is 0.637. The summed E-state index contributed by atoms with van der Waals surface area (Å²) in [4.78, 5) is 14.4. The van der Waals surface area contributed by atoms with Crippen LogP contribution >= 0.6 is 11.6 Å². The molecule has 1 heterocycles. The highest BCUT2D eigenvalue weighted by atomic mass is 35.5. The second-order valence-electron chi connectivity index (χ2n) is 5.56. The number of aromatic amines is 1. The third-order valence-electron chi connectivity index (χ3n) is 3.81. The van der Waals surface area contributed by atoms with E-state index < -0.39 is 11.8 Å². The molecular formula is C19H12ClFN2O2. The molecule has 0 bridgehead atoms. The number of nitrogens with zero attached hydrogens (tertiary/aromatic N) is 1. The predicted molar refractivity (Wildman–Crippen MR) is 95.0 cm³/mol. The van der Waals surface area contributed by atoms with E-state index in [0.29, 0.717) is 16.6 Å². The molecule has 0 fully saturated rings. The predicted octanol–water partition coefficient (Wildman–Crippen LogP) is 5.17. The van der Waals surface area contributed by atoms with E-state index >= 15 is 0 Å². The summed E-state index contributed by atoms with van der Waals surface area (Å²) in [6.07, 6.45) is 2.93. The largest absolute Gasteiger partial charge is 0.477 e. The van der Waals surface area contributed by atoms with Gasteiger partial charge in [-0.1, -0.05) is 23.7 Å². The minimum atomic E-state index is -1.20. The Morgan fingerprint density at radius 3 is 2.80 bits per heavy atom. The number of fused-ring (bicyclic) bond motifs is 1. The van der Waals surface area contributed by atoms with Gasteiger partial charge in [-0.25, -0.2) is 9.18 Å².